The van der Waals surface area contributed by atoms with E-state index in [0.717, 1.165) is 34.0 Å². The number of benzene rings is 1. The van der Waals surface area contributed by atoms with Crippen molar-refractivity contribution in [1.29, 1.82) is 0 Å². The van der Waals surface area contributed by atoms with E-state index in [9.17, 15) is 4.79 Å². The number of nitrogens with one attached hydrogen (secondary N) is 1. The number of rotatable bonds is 5. The molecule has 7 nitrogen and oxygen atoms in total. The lowest BCUT2D eigenvalue weighted by Gasteiger charge is -2.16. The van der Waals surface area contributed by atoms with Gasteiger partial charge in [0.05, 0.1) is 18.5 Å². The van der Waals surface area contributed by atoms with Crippen molar-refractivity contribution in [3.05, 3.63) is 53.0 Å². The van der Waals surface area contributed by atoms with E-state index in [0.29, 0.717) is 12.2 Å². The molecule has 0 saturated heterocycles. The SMILES string of the molecule is COc1ccc(-c2cc(C(=O)N(C)Cc3c(C)nn(C)c3C)[nH]n2)cc1. The molecule has 0 atom stereocenters. The Balaban J connectivity index is 1.76. The summed E-state index contributed by atoms with van der Waals surface area (Å²) in [6.45, 7) is 4.46. The van der Waals surface area contributed by atoms with Gasteiger partial charge in [-0.3, -0.25) is 14.6 Å². The van der Waals surface area contributed by atoms with Gasteiger partial charge >= 0.3 is 0 Å². The zero-order valence-electron chi connectivity index (χ0n) is 15.7. The molecular formula is C19H23N5O2. The summed E-state index contributed by atoms with van der Waals surface area (Å²) < 4.78 is 7.00. The first-order chi connectivity index (χ1) is 12.4. The van der Waals surface area contributed by atoms with Crippen molar-refractivity contribution in [3.8, 4) is 17.0 Å². The number of methoxy groups -OCH3 is 1. The maximum Gasteiger partial charge on any atom is 0.271 e. The lowest BCUT2D eigenvalue weighted by atomic mass is 10.1. The van der Waals surface area contributed by atoms with E-state index < -0.39 is 0 Å². The van der Waals surface area contributed by atoms with Crippen LogP contribution in [0.15, 0.2) is 30.3 Å². The van der Waals surface area contributed by atoms with Gasteiger partial charge in [0.25, 0.3) is 5.91 Å². The minimum atomic E-state index is -0.111. The molecule has 0 spiro atoms. The van der Waals surface area contributed by atoms with Gasteiger partial charge in [0, 0.05) is 37.5 Å². The van der Waals surface area contributed by atoms with Crippen LogP contribution in [0.4, 0.5) is 0 Å². The molecule has 1 aromatic carbocycles. The van der Waals surface area contributed by atoms with E-state index in [2.05, 4.69) is 15.3 Å². The molecule has 0 bridgehead atoms. The third-order valence-corrected chi connectivity index (χ3v) is 4.59. The topological polar surface area (TPSA) is 76.0 Å². The lowest BCUT2D eigenvalue weighted by molar-refractivity contribution is 0.0779. The van der Waals surface area contributed by atoms with Crippen LogP contribution in [0.5, 0.6) is 5.75 Å². The Morgan fingerprint density at radius 1 is 1.27 bits per heavy atom. The number of ether oxygens (including phenoxy) is 1. The zero-order chi connectivity index (χ0) is 18.8. The van der Waals surface area contributed by atoms with Crippen LogP contribution in [0.2, 0.25) is 0 Å². The first kappa shape index (κ1) is 17.7. The van der Waals surface area contributed by atoms with Gasteiger partial charge in [-0.05, 0) is 44.2 Å². The van der Waals surface area contributed by atoms with E-state index in [1.807, 2.05) is 49.8 Å². The molecule has 2 heterocycles. The van der Waals surface area contributed by atoms with Gasteiger partial charge < -0.3 is 9.64 Å². The maximum absolute atomic E-state index is 12.7. The van der Waals surface area contributed by atoms with Crippen LogP contribution in [0.3, 0.4) is 0 Å². The molecule has 3 aromatic rings. The van der Waals surface area contributed by atoms with Crippen molar-refractivity contribution in [1.82, 2.24) is 24.9 Å². The number of amides is 1. The smallest absolute Gasteiger partial charge is 0.271 e. The van der Waals surface area contributed by atoms with E-state index >= 15 is 0 Å². The Morgan fingerprint density at radius 3 is 2.54 bits per heavy atom. The second-order valence-corrected chi connectivity index (χ2v) is 6.33. The number of H-pyrrole nitrogens is 1. The number of aryl methyl sites for hydroxylation is 2. The average Bonchev–Trinajstić information content (AvgIpc) is 3.22. The third-order valence-electron chi connectivity index (χ3n) is 4.59. The van der Waals surface area contributed by atoms with E-state index in [4.69, 9.17) is 4.74 Å². The third kappa shape index (κ3) is 3.33. The van der Waals surface area contributed by atoms with Crippen LogP contribution in [0.25, 0.3) is 11.3 Å². The van der Waals surface area contributed by atoms with Gasteiger partial charge in [0.2, 0.25) is 0 Å². The molecule has 0 fully saturated rings. The standard InChI is InChI=1S/C19H23N5O2/c1-12-16(13(2)24(4)22-12)11-23(3)19(25)18-10-17(20-21-18)14-6-8-15(26-5)9-7-14/h6-10H,11H2,1-5H3,(H,20,21). The molecule has 2 aromatic heterocycles. The molecule has 0 unspecified atom stereocenters. The summed E-state index contributed by atoms with van der Waals surface area (Å²) in [4.78, 5) is 14.4. The summed E-state index contributed by atoms with van der Waals surface area (Å²) in [5.74, 6) is 0.669. The largest absolute Gasteiger partial charge is 0.497 e. The quantitative estimate of drug-likeness (QED) is 0.765. The zero-order valence-corrected chi connectivity index (χ0v) is 15.7. The molecule has 0 aliphatic rings. The fraction of sp³-hybridized carbons (Fsp3) is 0.316. The Morgan fingerprint density at radius 2 is 1.96 bits per heavy atom. The molecule has 3 rings (SSSR count). The number of aromatic nitrogens is 4. The minimum Gasteiger partial charge on any atom is -0.497 e. The fourth-order valence-corrected chi connectivity index (χ4v) is 2.90. The first-order valence-corrected chi connectivity index (χ1v) is 8.35. The van der Waals surface area contributed by atoms with E-state index in [-0.39, 0.29) is 5.91 Å². The highest BCUT2D eigenvalue weighted by Crippen LogP contribution is 2.22. The maximum atomic E-state index is 12.7. The minimum absolute atomic E-state index is 0.111. The number of carbonyl (C=O) groups excluding carboxylic acids is 1. The number of nitrogens with zero attached hydrogens (tertiary/aromatic N) is 4. The second-order valence-electron chi connectivity index (χ2n) is 6.33. The molecular weight excluding hydrogens is 330 g/mol. The van der Waals surface area contributed by atoms with Gasteiger partial charge in [0.1, 0.15) is 11.4 Å². The van der Waals surface area contributed by atoms with Crippen molar-refractivity contribution in [2.45, 2.75) is 20.4 Å². The highest BCUT2D eigenvalue weighted by atomic mass is 16.5. The van der Waals surface area contributed by atoms with Crippen molar-refractivity contribution in [2.24, 2.45) is 7.05 Å². The van der Waals surface area contributed by atoms with Crippen LogP contribution in [0, 0.1) is 13.8 Å². The van der Waals surface area contributed by atoms with Crippen LogP contribution in [0.1, 0.15) is 27.4 Å². The van der Waals surface area contributed by atoms with Gasteiger partial charge in [-0.15, -0.1) is 0 Å². The van der Waals surface area contributed by atoms with Gasteiger partial charge in [0.15, 0.2) is 0 Å². The predicted octanol–water partition coefficient (Wildman–Crippen LogP) is 2.71. The Labute approximate surface area is 152 Å². The van der Waals surface area contributed by atoms with Crippen molar-refractivity contribution < 1.29 is 9.53 Å². The predicted molar refractivity (Wildman–Crippen MR) is 99.1 cm³/mol. The molecule has 136 valence electrons. The molecule has 0 aliphatic heterocycles. The van der Waals surface area contributed by atoms with Crippen LogP contribution in [-0.4, -0.2) is 44.9 Å². The van der Waals surface area contributed by atoms with E-state index in [1.165, 1.54) is 0 Å². The fourth-order valence-electron chi connectivity index (χ4n) is 2.90. The van der Waals surface area contributed by atoms with Crippen molar-refractivity contribution in [2.75, 3.05) is 14.2 Å². The first-order valence-electron chi connectivity index (χ1n) is 8.35. The van der Waals surface area contributed by atoms with Gasteiger partial charge in [-0.25, -0.2) is 0 Å². The van der Waals surface area contributed by atoms with Crippen LogP contribution < -0.4 is 4.74 Å². The van der Waals surface area contributed by atoms with Gasteiger partial charge in [-0.1, -0.05) is 0 Å². The molecule has 7 heteroatoms. The number of aromatic amines is 1. The summed E-state index contributed by atoms with van der Waals surface area (Å²) in [6, 6.07) is 9.32. The lowest BCUT2D eigenvalue weighted by Crippen LogP contribution is -2.27. The molecule has 0 aliphatic carbocycles. The molecule has 0 radical (unpaired) electrons. The molecule has 1 amide bonds. The summed E-state index contributed by atoms with van der Waals surface area (Å²) in [7, 11) is 5.31. The summed E-state index contributed by atoms with van der Waals surface area (Å²) in [5.41, 5.74) is 5.16. The Bertz CT molecular complexity index is 924. The summed E-state index contributed by atoms with van der Waals surface area (Å²) >= 11 is 0. The number of hydrogen-bond acceptors (Lipinski definition) is 4. The highest BCUT2D eigenvalue weighted by Gasteiger charge is 2.19. The highest BCUT2D eigenvalue weighted by molar-refractivity contribution is 5.93. The normalized spacial score (nSPS) is 10.8. The number of carbonyl (C=O) groups is 1. The molecule has 0 saturated carbocycles. The van der Waals surface area contributed by atoms with Crippen LogP contribution in [-0.2, 0) is 13.6 Å². The summed E-state index contributed by atoms with van der Waals surface area (Å²) in [6.07, 6.45) is 0. The van der Waals surface area contributed by atoms with Crippen molar-refractivity contribution in [3.63, 3.8) is 0 Å². The summed E-state index contributed by atoms with van der Waals surface area (Å²) in [5, 5.41) is 11.5. The van der Waals surface area contributed by atoms with Gasteiger partial charge in [-0.2, -0.15) is 10.2 Å². The van der Waals surface area contributed by atoms with E-state index in [1.54, 1.807) is 25.1 Å². The Kier molecular flexibility index (Phi) is 4.79. The second kappa shape index (κ2) is 7.03. The Hall–Kier alpha value is -3.09. The monoisotopic (exact) mass is 353 g/mol. The van der Waals surface area contributed by atoms with Crippen LogP contribution >= 0.6 is 0 Å². The number of hydrogen-bond donors (Lipinski definition) is 1. The molecule has 1 N–H and O–H groups in total. The average molecular weight is 353 g/mol. The van der Waals surface area contributed by atoms with Crippen molar-refractivity contribution >= 4 is 5.91 Å². The molecule has 26 heavy (non-hydrogen) atoms.